The van der Waals surface area contributed by atoms with Crippen LogP contribution >= 0.6 is 23.1 Å². The van der Waals surface area contributed by atoms with E-state index in [0.29, 0.717) is 6.42 Å². The molecule has 0 saturated carbocycles. The van der Waals surface area contributed by atoms with Gasteiger partial charge in [-0.3, -0.25) is 9.79 Å². The van der Waals surface area contributed by atoms with Crippen molar-refractivity contribution >= 4 is 40.1 Å². The number of thiazole rings is 1. The summed E-state index contributed by atoms with van der Waals surface area (Å²) in [6.45, 7) is 3.67. The molecule has 1 aromatic heterocycles. The van der Waals surface area contributed by atoms with Crippen molar-refractivity contribution in [2.75, 3.05) is 24.2 Å². The minimum absolute atomic E-state index is 0.0283. The molecule has 31 heavy (non-hydrogen) atoms. The number of nitrogens with zero attached hydrogens (tertiary/aromatic N) is 2. The molecule has 2 aliphatic rings. The molecular formula is C22H26N6OS2. The van der Waals surface area contributed by atoms with Gasteiger partial charge in [-0.15, -0.1) is 11.3 Å². The minimum Gasteiger partial charge on any atom is -0.368 e. The predicted molar refractivity (Wildman–Crippen MR) is 127 cm³/mol. The molecule has 1 atom stereocenters. The number of hydrogen-bond acceptors (Lipinski definition) is 8. The van der Waals surface area contributed by atoms with Gasteiger partial charge in [-0.25, -0.2) is 4.98 Å². The molecule has 2 aromatic rings. The van der Waals surface area contributed by atoms with Crippen LogP contribution in [0.15, 0.2) is 39.8 Å². The van der Waals surface area contributed by atoms with Crippen LogP contribution in [0.3, 0.4) is 0 Å². The van der Waals surface area contributed by atoms with Crippen LogP contribution in [0.5, 0.6) is 0 Å². The highest BCUT2D eigenvalue weighted by Crippen LogP contribution is 2.21. The number of rotatable bonds is 9. The van der Waals surface area contributed by atoms with E-state index in [1.165, 1.54) is 0 Å². The van der Waals surface area contributed by atoms with Crippen molar-refractivity contribution in [3.8, 4) is 0 Å². The second kappa shape index (κ2) is 10.6. The number of guanidine groups is 1. The molecule has 3 heterocycles. The molecule has 2 aliphatic heterocycles. The maximum atomic E-state index is 12.6. The molecule has 7 nitrogen and oxygen atoms in total. The summed E-state index contributed by atoms with van der Waals surface area (Å²) in [5.41, 5.74) is 3.93. The summed E-state index contributed by atoms with van der Waals surface area (Å²) in [5, 5.41) is 15.9. The number of anilines is 1. The van der Waals surface area contributed by atoms with E-state index in [0.717, 1.165) is 71.1 Å². The average molecular weight is 455 g/mol. The lowest BCUT2D eigenvalue weighted by Gasteiger charge is -2.28. The number of allylic oxidation sites excluding steroid dienone is 1. The summed E-state index contributed by atoms with van der Waals surface area (Å²) >= 11 is 3.41. The molecule has 0 bridgehead atoms. The number of hydrogen-bond donors (Lipinski definition) is 4. The van der Waals surface area contributed by atoms with Gasteiger partial charge in [0.05, 0.1) is 18.4 Å². The Balaban J connectivity index is 1.18. The Hall–Kier alpha value is -2.70. The molecule has 0 fully saturated rings. The first-order valence-corrected chi connectivity index (χ1v) is 12.4. The third-order valence-electron chi connectivity index (χ3n) is 5.03. The van der Waals surface area contributed by atoms with E-state index < -0.39 is 0 Å². The zero-order chi connectivity index (χ0) is 21.5. The molecular weight excluding hydrogens is 428 g/mol. The molecule has 4 rings (SSSR count). The number of carbonyl (C=O) groups excluding carboxylic acids is 1. The predicted octanol–water partition coefficient (Wildman–Crippen LogP) is 2.69. The highest BCUT2D eigenvalue weighted by atomic mass is 32.2. The van der Waals surface area contributed by atoms with Crippen molar-refractivity contribution in [1.82, 2.24) is 20.9 Å². The molecule has 1 amide bonds. The quantitative estimate of drug-likeness (QED) is 0.436. The lowest BCUT2D eigenvalue weighted by atomic mass is 10.0. The Kier molecular flexibility index (Phi) is 7.33. The summed E-state index contributed by atoms with van der Waals surface area (Å²) < 4.78 is 0. The first-order valence-electron chi connectivity index (χ1n) is 10.4. The maximum absolute atomic E-state index is 12.6. The van der Waals surface area contributed by atoms with Crippen LogP contribution < -0.4 is 21.3 Å². The van der Waals surface area contributed by atoms with Crippen LogP contribution in [0, 0.1) is 12.1 Å². The number of aliphatic imine (C=N–C) groups is 1. The summed E-state index contributed by atoms with van der Waals surface area (Å²) in [4.78, 5) is 21.5. The van der Waals surface area contributed by atoms with E-state index in [1.807, 2.05) is 36.9 Å². The summed E-state index contributed by atoms with van der Waals surface area (Å²) in [5.74, 6) is 2.62. The zero-order valence-corrected chi connectivity index (χ0v) is 19.1. The topological polar surface area (TPSA) is 90.4 Å². The van der Waals surface area contributed by atoms with Gasteiger partial charge in [-0.2, -0.15) is 11.8 Å². The van der Waals surface area contributed by atoms with Gasteiger partial charge in [0.15, 0.2) is 11.1 Å². The fraction of sp³-hybridized carbons (Fsp3) is 0.409. The fourth-order valence-electron chi connectivity index (χ4n) is 3.43. The Labute approximate surface area is 191 Å². The number of carbonyl (C=O) groups is 1. The van der Waals surface area contributed by atoms with Crippen LogP contribution in [0.1, 0.15) is 31.0 Å². The molecule has 9 heteroatoms. The van der Waals surface area contributed by atoms with Gasteiger partial charge < -0.3 is 21.3 Å². The van der Waals surface area contributed by atoms with E-state index in [4.69, 9.17) is 0 Å². The normalized spacial score (nSPS) is 18.0. The number of aromatic nitrogens is 1. The third-order valence-corrected chi connectivity index (χ3v) is 6.86. The molecule has 0 saturated heterocycles. The second-order valence-electron chi connectivity index (χ2n) is 7.36. The largest absolute Gasteiger partial charge is 0.368 e. The van der Waals surface area contributed by atoms with Gasteiger partial charge >= 0.3 is 0 Å². The molecule has 0 radical (unpaired) electrons. The van der Waals surface area contributed by atoms with E-state index in [1.54, 1.807) is 11.3 Å². The van der Waals surface area contributed by atoms with Crippen LogP contribution in [-0.4, -0.2) is 41.9 Å². The van der Waals surface area contributed by atoms with Crippen molar-refractivity contribution in [2.24, 2.45) is 4.99 Å². The molecule has 1 aromatic carbocycles. The van der Waals surface area contributed by atoms with Crippen LogP contribution in [0.2, 0.25) is 0 Å². The Morgan fingerprint density at radius 3 is 3.06 bits per heavy atom. The Morgan fingerprint density at radius 2 is 2.29 bits per heavy atom. The van der Waals surface area contributed by atoms with E-state index in [-0.39, 0.29) is 12.1 Å². The Morgan fingerprint density at radius 1 is 1.35 bits per heavy atom. The SMILES string of the molecule is CC1=C(CCc2c#cccc2)C(=O)NC(CCSCc2csc(NC3=NCCN3)n2)N1. The van der Waals surface area contributed by atoms with Gasteiger partial charge in [-0.05, 0) is 44.1 Å². The molecule has 0 aliphatic carbocycles. The fourth-order valence-corrected chi connectivity index (χ4v) is 5.15. The van der Waals surface area contributed by atoms with Gasteiger partial charge in [0.2, 0.25) is 0 Å². The summed E-state index contributed by atoms with van der Waals surface area (Å²) in [6.07, 6.45) is 2.31. The Bertz CT molecular complexity index is 956. The van der Waals surface area contributed by atoms with E-state index in [2.05, 4.69) is 48.8 Å². The smallest absolute Gasteiger partial charge is 0.250 e. The van der Waals surface area contributed by atoms with Crippen LogP contribution in [0.4, 0.5) is 5.13 Å². The van der Waals surface area contributed by atoms with E-state index >= 15 is 0 Å². The standard InChI is InChI=1S/C22H26N6OS2/c1-15-18(8-7-16-5-3-2-4-6-16)20(29)27-19(25-15)9-12-30-13-17-14-31-22(26-17)28-21-23-10-11-24-21/h2-3,5,14,19,25H,7-13H2,1H3,(H,27,29)(H2,23,24,26,28). The van der Waals surface area contributed by atoms with Gasteiger partial charge in [0.25, 0.3) is 5.91 Å². The summed E-state index contributed by atoms with van der Waals surface area (Å²) in [6, 6.07) is 11.9. The average Bonchev–Trinajstić information content (AvgIpc) is 3.44. The summed E-state index contributed by atoms with van der Waals surface area (Å²) in [7, 11) is 0. The minimum atomic E-state index is -0.0283. The van der Waals surface area contributed by atoms with Gasteiger partial charge in [0.1, 0.15) is 0 Å². The highest BCUT2D eigenvalue weighted by Gasteiger charge is 2.23. The van der Waals surface area contributed by atoms with Crippen molar-refractivity contribution < 1.29 is 4.79 Å². The first-order chi connectivity index (χ1) is 15.2. The van der Waals surface area contributed by atoms with Crippen LogP contribution in [-0.2, 0) is 17.0 Å². The van der Waals surface area contributed by atoms with Gasteiger partial charge in [-0.1, -0.05) is 18.2 Å². The highest BCUT2D eigenvalue weighted by molar-refractivity contribution is 7.98. The molecule has 162 valence electrons. The van der Waals surface area contributed by atoms with Crippen LogP contribution in [0.25, 0.3) is 0 Å². The molecule has 4 N–H and O–H groups in total. The van der Waals surface area contributed by atoms with Crippen molar-refractivity contribution in [3.63, 3.8) is 0 Å². The van der Waals surface area contributed by atoms with Crippen molar-refractivity contribution in [2.45, 2.75) is 38.1 Å². The number of aryl methyl sites for hydroxylation is 1. The second-order valence-corrected chi connectivity index (χ2v) is 9.32. The van der Waals surface area contributed by atoms with Crippen molar-refractivity contribution in [1.29, 1.82) is 0 Å². The zero-order valence-electron chi connectivity index (χ0n) is 17.5. The monoisotopic (exact) mass is 454 g/mol. The number of amides is 1. The number of nitrogens with one attached hydrogen (secondary N) is 4. The van der Waals surface area contributed by atoms with Crippen molar-refractivity contribution in [3.05, 3.63) is 58.2 Å². The van der Waals surface area contributed by atoms with Gasteiger partial charge in [0, 0.05) is 34.5 Å². The lowest BCUT2D eigenvalue weighted by Crippen LogP contribution is -2.50. The lowest BCUT2D eigenvalue weighted by molar-refractivity contribution is -0.119. The van der Waals surface area contributed by atoms with E-state index in [9.17, 15) is 4.79 Å². The molecule has 0 spiro atoms. The molecule has 1 unspecified atom stereocenters. The third kappa shape index (κ3) is 6.15. The first kappa shape index (κ1) is 21.5. The number of thioether (sulfide) groups is 1. The maximum Gasteiger partial charge on any atom is 0.250 e.